The molecule has 1 aliphatic heterocycles. The first kappa shape index (κ1) is 18.7. The van der Waals surface area contributed by atoms with Gasteiger partial charge in [-0.15, -0.1) is 11.3 Å². The maximum atomic E-state index is 12.9. The van der Waals surface area contributed by atoms with E-state index in [1.165, 1.54) is 24.3 Å². The van der Waals surface area contributed by atoms with Crippen LogP contribution in [0.2, 0.25) is 0 Å². The van der Waals surface area contributed by atoms with Crippen LogP contribution in [0.25, 0.3) is 11.3 Å². The molecule has 1 aromatic carbocycles. The summed E-state index contributed by atoms with van der Waals surface area (Å²) in [4.78, 5) is 18.9. The van der Waals surface area contributed by atoms with E-state index in [2.05, 4.69) is 4.98 Å². The molecule has 3 aromatic rings. The van der Waals surface area contributed by atoms with Gasteiger partial charge in [-0.3, -0.25) is 4.79 Å². The second-order valence-electron chi connectivity index (χ2n) is 6.70. The molecular weight excluding hydrogens is 389 g/mol. The molecule has 1 saturated heterocycles. The number of amides is 1. The van der Waals surface area contributed by atoms with E-state index in [-0.39, 0.29) is 28.9 Å². The fourth-order valence-electron chi connectivity index (χ4n) is 3.41. The second kappa shape index (κ2) is 7.43. The number of carbonyl (C=O) groups excluding carboxylic acids is 1. The molecule has 0 N–H and O–H groups in total. The fraction of sp³-hybridized carbons (Fsp3) is 0.300. The first-order valence-electron chi connectivity index (χ1n) is 8.88. The molecule has 1 fully saturated rings. The minimum atomic E-state index is -4.43. The van der Waals surface area contributed by atoms with Crippen molar-refractivity contribution in [2.45, 2.75) is 24.9 Å². The van der Waals surface area contributed by atoms with Crippen molar-refractivity contribution in [3.05, 3.63) is 64.3 Å². The van der Waals surface area contributed by atoms with Crippen molar-refractivity contribution < 1.29 is 22.4 Å². The van der Waals surface area contributed by atoms with Gasteiger partial charge in [-0.05, 0) is 37.1 Å². The molecule has 0 saturated carbocycles. The van der Waals surface area contributed by atoms with Crippen LogP contribution in [0.4, 0.5) is 13.2 Å². The number of rotatable bonds is 3. The number of aromatic nitrogens is 1. The quantitative estimate of drug-likeness (QED) is 0.582. The monoisotopic (exact) mass is 406 g/mol. The summed E-state index contributed by atoms with van der Waals surface area (Å²) in [6, 6.07) is 7.93. The van der Waals surface area contributed by atoms with Crippen LogP contribution in [-0.4, -0.2) is 28.9 Å². The lowest BCUT2D eigenvalue weighted by Crippen LogP contribution is -2.38. The van der Waals surface area contributed by atoms with Gasteiger partial charge < -0.3 is 9.32 Å². The molecule has 3 heterocycles. The van der Waals surface area contributed by atoms with Gasteiger partial charge in [0.15, 0.2) is 5.76 Å². The van der Waals surface area contributed by atoms with Crippen molar-refractivity contribution in [1.82, 2.24) is 9.88 Å². The van der Waals surface area contributed by atoms with E-state index in [1.54, 1.807) is 22.4 Å². The standard InChI is InChI=1S/C20H17F3N2O2S/c21-20(22,23)15-5-1-3-13(11-15)16-6-7-17(27-16)19(26)25-9-2-4-14(12-25)18-24-8-10-28-18/h1,3,5-8,10-11,14H,2,4,9,12H2. The molecule has 0 spiro atoms. The number of furan rings is 1. The average molecular weight is 406 g/mol. The van der Waals surface area contributed by atoms with E-state index >= 15 is 0 Å². The smallest absolute Gasteiger partial charge is 0.416 e. The normalized spacial score (nSPS) is 17.7. The van der Waals surface area contributed by atoms with Gasteiger partial charge in [0, 0.05) is 36.1 Å². The number of nitrogens with zero attached hydrogens (tertiary/aromatic N) is 2. The number of thiazole rings is 1. The lowest BCUT2D eigenvalue weighted by molar-refractivity contribution is -0.137. The van der Waals surface area contributed by atoms with Gasteiger partial charge in [-0.1, -0.05) is 12.1 Å². The first-order chi connectivity index (χ1) is 13.4. The Kier molecular flexibility index (Phi) is 4.97. The predicted molar refractivity (Wildman–Crippen MR) is 99.1 cm³/mol. The van der Waals surface area contributed by atoms with Crippen molar-refractivity contribution in [2.75, 3.05) is 13.1 Å². The number of piperidine rings is 1. The predicted octanol–water partition coefficient (Wildman–Crippen LogP) is 5.44. The lowest BCUT2D eigenvalue weighted by atomic mass is 9.98. The van der Waals surface area contributed by atoms with Crippen molar-refractivity contribution in [1.29, 1.82) is 0 Å². The first-order valence-corrected chi connectivity index (χ1v) is 9.76. The molecule has 1 amide bonds. The van der Waals surface area contributed by atoms with E-state index in [1.807, 2.05) is 5.38 Å². The van der Waals surface area contributed by atoms with Crippen LogP contribution in [0.1, 0.15) is 39.9 Å². The molecule has 1 atom stereocenters. The third kappa shape index (κ3) is 3.82. The Bertz CT molecular complexity index is 966. The highest BCUT2D eigenvalue weighted by Crippen LogP contribution is 2.33. The van der Waals surface area contributed by atoms with Gasteiger partial charge in [0.1, 0.15) is 5.76 Å². The summed E-state index contributed by atoms with van der Waals surface area (Å²) >= 11 is 1.58. The minimum absolute atomic E-state index is 0.132. The van der Waals surface area contributed by atoms with Crippen LogP contribution in [-0.2, 0) is 6.18 Å². The Morgan fingerprint density at radius 3 is 2.86 bits per heavy atom. The van der Waals surface area contributed by atoms with Crippen LogP contribution in [0, 0.1) is 0 Å². The van der Waals surface area contributed by atoms with Gasteiger partial charge in [0.25, 0.3) is 5.91 Å². The van der Waals surface area contributed by atoms with E-state index in [9.17, 15) is 18.0 Å². The zero-order valence-corrected chi connectivity index (χ0v) is 15.6. The number of hydrogen-bond acceptors (Lipinski definition) is 4. The zero-order chi connectivity index (χ0) is 19.7. The van der Waals surface area contributed by atoms with E-state index in [4.69, 9.17) is 4.42 Å². The number of halogens is 3. The number of likely N-dealkylation sites (tertiary alicyclic amines) is 1. The SMILES string of the molecule is O=C(c1ccc(-c2cccc(C(F)(F)F)c2)o1)N1CCCC(c2nccs2)C1. The molecular formula is C20H17F3N2O2S. The van der Waals surface area contributed by atoms with Gasteiger partial charge in [-0.2, -0.15) is 13.2 Å². The summed E-state index contributed by atoms with van der Waals surface area (Å²) in [7, 11) is 0. The number of alkyl halides is 3. The molecule has 4 nitrogen and oxygen atoms in total. The third-order valence-electron chi connectivity index (χ3n) is 4.80. The molecule has 0 radical (unpaired) electrons. The van der Waals surface area contributed by atoms with Crippen LogP contribution >= 0.6 is 11.3 Å². The van der Waals surface area contributed by atoms with Crippen LogP contribution in [0.3, 0.4) is 0 Å². The Labute approximate surface area is 163 Å². The Morgan fingerprint density at radius 2 is 2.11 bits per heavy atom. The molecule has 2 aromatic heterocycles. The molecule has 4 rings (SSSR count). The molecule has 146 valence electrons. The van der Waals surface area contributed by atoms with E-state index in [0.717, 1.165) is 30.0 Å². The second-order valence-corrected chi connectivity index (χ2v) is 7.63. The molecule has 1 aliphatic rings. The van der Waals surface area contributed by atoms with E-state index < -0.39 is 11.7 Å². The summed E-state index contributed by atoms with van der Waals surface area (Å²) in [6.07, 6.45) is -0.823. The van der Waals surface area contributed by atoms with Gasteiger partial charge in [0.05, 0.1) is 10.6 Å². The van der Waals surface area contributed by atoms with Crippen LogP contribution in [0.15, 0.2) is 52.4 Å². The summed E-state index contributed by atoms with van der Waals surface area (Å²) in [5.41, 5.74) is -0.468. The average Bonchev–Trinajstić information content (AvgIpc) is 3.39. The molecule has 1 unspecified atom stereocenters. The summed E-state index contributed by atoms with van der Waals surface area (Å²) in [5, 5.41) is 2.94. The fourth-order valence-corrected chi connectivity index (χ4v) is 4.18. The van der Waals surface area contributed by atoms with Gasteiger partial charge >= 0.3 is 6.18 Å². The Hall–Kier alpha value is -2.61. The molecule has 0 bridgehead atoms. The van der Waals surface area contributed by atoms with E-state index in [0.29, 0.717) is 13.1 Å². The summed E-state index contributed by atoms with van der Waals surface area (Å²) in [6.45, 7) is 1.19. The zero-order valence-electron chi connectivity index (χ0n) is 14.8. The van der Waals surface area contributed by atoms with Crippen molar-refractivity contribution in [2.24, 2.45) is 0 Å². The lowest BCUT2D eigenvalue weighted by Gasteiger charge is -2.31. The highest BCUT2D eigenvalue weighted by atomic mass is 32.1. The number of carbonyl (C=O) groups is 1. The summed E-state index contributed by atoms with van der Waals surface area (Å²) in [5.74, 6) is 0.324. The topological polar surface area (TPSA) is 46.3 Å². The van der Waals surface area contributed by atoms with Crippen LogP contribution in [0.5, 0.6) is 0 Å². The van der Waals surface area contributed by atoms with Crippen LogP contribution < -0.4 is 0 Å². The minimum Gasteiger partial charge on any atom is -0.451 e. The third-order valence-corrected chi connectivity index (χ3v) is 5.74. The highest BCUT2D eigenvalue weighted by Gasteiger charge is 2.31. The van der Waals surface area contributed by atoms with Gasteiger partial charge in [-0.25, -0.2) is 4.98 Å². The molecule has 0 aliphatic carbocycles. The maximum Gasteiger partial charge on any atom is 0.416 e. The van der Waals surface area contributed by atoms with Crippen molar-refractivity contribution in [3.8, 4) is 11.3 Å². The number of hydrogen-bond donors (Lipinski definition) is 0. The van der Waals surface area contributed by atoms with Crippen molar-refractivity contribution >= 4 is 17.2 Å². The maximum absolute atomic E-state index is 12.9. The highest BCUT2D eigenvalue weighted by molar-refractivity contribution is 7.09. The van der Waals surface area contributed by atoms with Gasteiger partial charge in [0.2, 0.25) is 0 Å². The Morgan fingerprint density at radius 1 is 1.25 bits per heavy atom. The molecule has 28 heavy (non-hydrogen) atoms. The Balaban J connectivity index is 1.52. The molecule has 8 heteroatoms. The largest absolute Gasteiger partial charge is 0.451 e. The summed E-state index contributed by atoms with van der Waals surface area (Å²) < 4.78 is 44.4. The van der Waals surface area contributed by atoms with Crippen molar-refractivity contribution in [3.63, 3.8) is 0 Å². The number of benzene rings is 1.